The van der Waals surface area contributed by atoms with Crippen molar-refractivity contribution in [1.29, 1.82) is 0 Å². The van der Waals surface area contributed by atoms with Gasteiger partial charge in [0.15, 0.2) is 6.61 Å². The predicted molar refractivity (Wildman–Crippen MR) is 99.7 cm³/mol. The molecule has 3 amide bonds. The molecule has 0 aliphatic carbocycles. The Kier molecular flexibility index (Phi) is 7.03. The van der Waals surface area contributed by atoms with Crippen molar-refractivity contribution in [2.24, 2.45) is 11.7 Å². The molecule has 1 aromatic carbocycles. The normalized spacial score (nSPS) is 15.4. The largest absolute Gasteiger partial charge is 0.484 e. The Morgan fingerprint density at radius 1 is 1.22 bits per heavy atom. The van der Waals surface area contributed by atoms with Crippen LogP contribution >= 0.6 is 0 Å². The highest BCUT2D eigenvalue weighted by molar-refractivity contribution is 7.89. The molecule has 0 spiro atoms. The van der Waals surface area contributed by atoms with Gasteiger partial charge in [-0.25, -0.2) is 17.9 Å². The van der Waals surface area contributed by atoms with E-state index in [1.165, 1.54) is 24.3 Å². The molecule has 0 unspecified atom stereocenters. The lowest BCUT2D eigenvalue weighted by molar-refractivity contribution is -0.119. The first-order valence-electron chi connectivity index (χ1n) is 8.66. The molecular formula is C17H26N4O5S. The summed E-state index contributed by atoms with van der Waals surface area (Å²) in [6.07, 6.45) is 1.50. The Bertz CT molecular complexity index is 756. The second kappa shape index (κ2) is 9.05. The van der Waals surface area contributed by atoms with Crippen molar-refractivity contribution in [3.63, 3.8) is 0 Å². The second-order valence-electron chi connectivity index (χ2n) is 6.69. The number of sulfonamides is 1. The molecule has 1 aromatic rings. The molecule has 2 rings (SSSR count). The van der Waals surface area contributed by atoms with Gasteiger partial charge in [0.1, 0.15) is 5.75 Å². The van der Waals surface area contributed by atoms with Crippen LogP contribution in [0.4, 0.5) is 4.79 Å². The molecule has 0 saturated carbocycles. The molecule has 0 atom stereocenters. The Hall–Kier alpha value is -2.33. The monoisotopic (exact) mass is 398 g/mol. The molecule has 1 aliphatic heterocycles. The quantitative estimate of drug-likeness (QED) is 0.680. The lowest BCUT2D eigenvalue weighted by Crippen LogP contribution is -2.45. The number of piperidine rings is 1. The standard InChI is InChI=1S/C17H26N4O5S/c1-20(2)17(23)21-9-7-13(8-10-21)11-19-27(24,25)15-5-3-14(4-6-15)26-12-16(18)22/h3-6,13,19H,7-12H2,1-2H3,(H2,18,22). The van der Waals surface area contributed by atoms with Crippen LogP contribution in [0.5, 0.6) is 5.75 Å². The molecule has 9 nitrogen and oxygen atoms in total. The highest BCUT2D eigenvalue weighted by Gasteiger charge is 2.25. The van der Waals surface area contributed by atoms with E-state index in [-0.39, 0.29) is 23.5 Å². The summed E-state index contributed by atoms with van der Waals surface area (Å²) in [6.45, 7) is 1.30. The van der Waals surface area contributed by atoms with Crippen molar-refractivity contribution in [2.75, 3.05) is 40.3 Å². The molecule has 150 valence electrons. The van der Waals surface area contributed by atoms with E-state index in [1.807, 2.05) is 0 Å². The third-order valence-electron chi connectivity index (χ3n) is 4.34. The topological polar surface area (TPSA) is 122 Å². The number of ether oxygens (including phenoxy) is 1. The predicted octanol–water partition coefficient (Wildman–Crippen LogP) is 0.223. The van der Waals surface area contributed by atoms with E-state index in [0.29, 0.717) is 25.4 Å². The van der Waals surface area contributed by atoms with Gasteiger partial charge in [-0.1, -0.05) is 0 Å². The summed E-state index contributed by atoms with van der Waals surface area (Å²) >= 11 is 0. The smallest absolute Gasteiger partial charge is 0.319 e. The number of likely N-dealkylation sites (tertiary alicyclic amines) is 1. The van der Waals surface area contributed by atoms with Gasteiger partial charge in [0.2, 0.25) is 10.0 Å². The summed E-state index contributed by atoms with van der Waals surface area (Å²) < 4.78 is 32.6. The summed E-state index contributed by atoms with van der Waals surface area (Å²) in [5, 5.41) is 0. The van der Waals surface area contributed by atoms with Crippen LogP contribution in [-0.4, -0.2) is 70.5 Å². The van der Waals surface area contributed by atoms with Gasteiger partial charge in [-0.3, -0.25) is 4.79 Å². The molecule has 0 bridgehead atoms. The highest BCUT2D eigenvalue weighted by Crippen LogP contribution is 2.19. The van der Waals surface area contributed by atoms with Crippen molar-refractivity contribution in [1.82, 2.24) is 14.5 Å². The van der Waals surface area contributed by atoms with Gasteiger partial charge in [0, 0.05) is 33.7 Å². The van der Waals surface area contributed by atoms with E-state index < -0.39 is 15.9 Å². The molecule has 3 N–H and O–H groups in total. The van der Waals surface area contributed by atoms with Gasteiger partial charge < -0.3 is 20.3 Å². The lowest BCUT2D eigenvalue weighted by atomic mass is 9.97. The van der Waals surface area contributed by atoms with Crippen LogP contribution in [0.15, 0.2) is 29.2 Å². The SMILES string of the molecule is CN(C)C(=O)N1CCC(CNS(=O)(=O)c2ccc(OCC(N)=O)cc2)CC1. The number of carbonyl (C=O) groups is 2. The van der Waals surface area contributed by atoms with E-state index in [1.54, 1.807) is 23.9 Å². The zero-order valence-corrected chi connectivity index (χ0v) is 16.4. The summed E-state index contributed by atoms with van der Waals surface area (Å²) in [5.41, 5.74) is 5.00. The fourth-order valence-corrected chi connectivity index (χ4v) is 3.91. The number of nitrogens with two attached hydrogens (primary N) is 1. The zero-order valence-electron chi connectivity index (χ0n) is 15.6. The number of rotatable bonds is 7. The summed E-state index contributed by atoms with van der Waals surface area (Å²) in [6, 6.07) is 5.76. The van der Waals surface area contributed by atoms with E-state index >= 15 is 0 Å². The maximum Gasteiger partial charge on any atom is 0.319 e. The van der Waals surface area contributed by atoms with Crippen LogP contribution in [0.25, 0.3) is 0 Å². The molecule has 1 aliphatic rings. The van der Waals surface area contributed by atoms with E-state index in [2.05, 4.69) is 4.72 Å². The average molecular weight is 398 g/mol. The number of hydrogen-bond donors (Lipinski definition) is 2. The Balaban J connectivity index is 1.85. The van der Waals surface area contributed by atoms with Gasteiger partial charge in [-0.15, -0.1) is 0 Å². The number of nitrogens with zero attached hydrogens (tertiary/aromatic N) is 2. The van der Waals surface area contributed by atoms with Crippen LogP contribution in [0.2, 0.25) is 0 Å². The Morgan fingerprint density at radius 2 is 1.81 bits per heavy atom. The number of benzene rings is 1. The molecule has 1 fully saturated rings. The number of primary amides is 1. The second-order valence-corrected chi connectivity index (χ2v) is 8.45. The Labute approximate surface area is 159 Å². The van der Waals surface area contributed by atoms with Crippen LogP contribution in [0, 0.1) is 5.92 Å². The fraction of sp³-hybridized carbons (Fsp3) is 0.529. The first kappa shape index (κ1) is 21.0. The maximum atomic E-state index is 12.4. The molecule has 0 aromatic heterocycles. The molecule has 0 radical (unpaired) electrons. The number of amides is 3. The first-order chi connectivity index (χ1) is 12.7. The van der Waals surface area contributed by atoms with Crippen molar-refractivity contribution in [3.05, 3.63) is 24.3 Å². The minimum Gasteiger partial charge on any atom is -0.484 e. The van der Waals surface area contributed by atoms with Crippen LogP contribution in [-0.2, 0) is 14.8 Å². The molecular weight excluding hydrogens is 372 g/mol. The van der Waals surface area contributed by atoms with E-state index in [4.69, 9.17) is 10.5 Å². The molecule has 1 saturated heterocycles. The van der Waals surface area contributed by atoms with E-state index in [0.717, 1.165) is 12.8 Å². The van der Waals surface area contributed by atoms with Crippen molar-refractivity contribution < 1.29 is 22.7 Å². The first-order valence-corrected chi connectivity index (χ1v) is 10.1. The number of urea groups is 1. The maximum absolute atomic E-state index is 12.4. The number of hydrogen-bond acceptors (Lipinski definition) is 5. The summed E-state index contributed by atoms with van der Waals surface area (Å²) in [7, 11) is -0.207. The van der Waals surface area contributed by atoms with Crippen LogP contribution in [0.1, 0.15) is 12.8 Å². The minimum absolute atomic E-state index is 0.0207. The number of nitrogens with one attached hydrogen (secondary N) is 1. The van der Waals surface area contributed by atoms with Gasteiger partial charge in [-0.2, -0.15) is 0 Å². The van der Waals surface area contributed by atoms with Crippen molar-refractivity contribution in [3.8, 4) is 5.75 Å². The minimum atomic E-state index is -3.64. The lowest BCUT2D eigenvalue weighted by Gasteiger charge is -2.33. The Morgan fingerprint density at radius 3 is 2.33 bits per heavy atom. The molecule has 10 heteroatoms. The number of carbonyl (C=O) groups excluding carboxylic acids is 2. The summed E-state index contributed by atoms with van der Waals surface area (Å²) in [5.74, 6) is -0.0541. The fourth-order valence-electron chi connectivity index (χ4n) is 2.79. The molecule has 27 heavy (non-hydrogen) atoms. The van der Waals surface area contributed by atoms with E-state index in [9.17, 15) is 18.0 Å². The van der Waals surface area contributed by atoms with Crippen LogP contribution < -0.4 is 15.2 Å². The van der Waals surface area contributed by atoms with Crippen molar-refractivity contribution >= 4 is 22.0 Å². The zero-order chi connectivity index (χ0) is 20.0. The van der Waals surface area contributed by atoms with Gasteiger partial charge >= 0.3 is 6.03 Å². The van der Waals surface area contributed by atoms with Crippen LogP contribution in [0.3, 0.4) is 0 Å². The van der Waals surface area contributed by atoms with Gasteiger partial charge in [0.05, 0.1) is 4.90 Å². The van der Waals surface area contributed by atoms with Crippen molar-refractivity contribution in [2.45, 2.75) is 17.7 Å². The third kappa shape index (κ3) is 6.10. The highest BCUT2D eigenvalue weighted by atomic mass is 32.2. The summed E-state index contributed by atoms with van der Waals surface area (Å²) in [4.78, 5) is 26.0. The third-order valence-corrected chi connectivity index (χ3v) is 5.78. The molecule has 1 heterocycles. The van der Waals surface area contributed by atoms with Gasteiger partial charge in [-0.05, 0) is 43.0 Å². The van der Waals surface area contributed by atoms with Gasteiger partial charge in [0.25, 0.3) is 5.91 Å². The average Bonchev–Trinajstić information content (AvgIpc) is 2.65.